The van der Waals surface area contributed by atoms with Gasteiger partial charge in [-0.15, -0.1) is 0 Å². The van der Waals surface area contributed by atoms with E-state index in [1.54, 1.807) is 0 Å². The van der Waals surface area contributed by atoms with Gasteiger partial charge in [0.2, 0.25) is 6.79 Å². The van der Waals surface area contributed by atoms with Crippen LogP contribution >= 0.6 is 11.6 Å². The highest BCUT2D eigenvalue weighted by Gasteiger charge is 2.34. The quantitative estimate of drug-likeness (QED) is 0.772. The third-order valence-electron chi connectivity index (χ3n) is 3.37. The van der Waals surface area contributed by atoms with Crippen LogP contribution in [0.4, 0.5) is 24.5 Å². The maximum absolute atomic E-state index is 13.0. The Labute approximate surface area is 149 Å². The standard InChI is InChI=1S/C16H10ClF3N2O4/c17-8-1-3-11(10(5-8)16(18,19)20)22-15(24)14(23)21-9-2-4-12-13(6-9)26-7-25-12/h1-6H,7H2,(H,21,23)(H,22,24). The number of carbonyl (C=O) groups excluding carboxylic acids is 2. The Hall–Kier alpha value is -2.94. The number of hydrogen-bond acceptors (Lipinski definition) is 4. The first kappa shape index (κ1) is 17.9. The van der Waals surface area contributed by atoms with Crippen molar-refractivity contribution in [1.29, 1.82) is 0 Å². The third-order valence-corrected chi connectivity index (χ3v) is 3.61. The van der Waals surface area contributed by atoms with Crippen LogP contribution in [0.1, 0.15) is 5.56 Å². The number of benzene rings is 2. The van der Waals surface area contributed by atoms with Gasteiger partial charge in [0, 0.05) is 16.8 Å². The summed E-state index contributed by atoms with van der Waals surface area (Å²) in [6, 6.07) is 7.21. The summed E-state index contributed by atoms with van der Waals surface area (Å²) >= 11 is 5.56. The van der Waals surface area contributed by atoms with Crippen molar-refractivity contribution in [2.75, 3.05) is 17.4 Å². The van der Waals surface area contributed by atoms with Gasteiger partial charge in [-0.2, -0.15) is 13.2 Å². The fourth-order valence-corrected chi connectivity index (χ4v) is 2.37. The van der Waals surface area contributed by atoms with Crippen LogP contribution in [0.15, 0.2) is 36.4 Å². The smallest absolute Gasteiger partial charge is 0.418 e. The highest BCUT2D eigenvalue weighted by Crippen LogP contribution is 2.37. The van der Waals surface area contributed by atoms with E-state index < -0.39 is 29.2 Å². The summed E-state index contributed by atoms with van der Waals surface area (Å²) in [6.07, 6.45) is -4.75. The second-order valence-corrected chi connectivity index (χ2v) is 5.60. The van der Waals surface area contributed by atoms with Gasteiger partial charge in [0.05, 0.1) is 11.3 Å². The number of anilines is 2. The van der Waals surface area contributed by atoms with Crippen LogP contribution in [0, 0.1) is 0 Å². The molecule has 2 aromatic carbocycles. The van der Waals surface area contributed by atoms with E-state index in [4.69, 9.17) is 21.1 Å². The summed E-state index contributed by atoms with van der Waals surface area (Å²) in [6.45, 7) is 0.0318. The van der Waals surface area contributed by atoms with E-state index in [1.165, 1.54) is 24.3 Å². The average Bonchev–Trinajstić information content (AvgIpc) is 3.03. The van der Waals surface area contributed by atoms with E-state index in [-0.39, 0.29) is 17.5 Å². The third kappa shape index (κ3) is 3.83. The van der Waals surface area contributed by atoms with Gasteiger partial charge in [-0.1, -0.05) is 11.6 Å². The Morgan fingerprint density at radius 3 is 2.38 bits per heavy atom. The molecule has 2 amide bonds. The highest BCUT2D eigenvalue weighted by atomic mass is 35.5. The first-order valence-corrected chi connectivity index (χ1v) is 7.50. The zero-order valence-electron chi connectivity index (χ0n) is 12.8. The minimum atomic E-state index is -4.75. The molecule has 0 saturated carbocycles. The van der Waals surface area contributed by atoms with Crippen molar-refractivity contribution in [1.82, 2.24) is 0 Å². The summed E-state index contributed by atoms with van der Waals surface area (Å²) in [4.78, 5) is 23.9. The Bertz CT molecular complexity index is 886. The lowest BCUT2D eigenvalue weighted by molar-refractivity contribution is -0.137. The molecule has 0 aliphatic carbocycles. The molecule has 0 saturated heterocycles. The van der Waals surface area contributed by atoms with Crippen LogP contribution in [0.2, 0.25) is 5.02 Å². The van der Waals surface area contributed by atoms with Crippen molar-refractivity contribution in [2.45, 2.75) is 6.18 Å². The van der Waals surface area contributed by atoms with Gasteiger partial charge in [-0.05, 0) is 30.3 Å². The Kier molecular flexibility index (Phi) is 4.64. The zero-order valence-corrected chi connectivity index (χ0v) is 13.6. The fourth-order valence-electron chi connectivity index (χ4n) is 2.20. The average molecular weight is 387 g/mol. The molecule has 1 heterocycles. The van der Waals surface area contributed by atoms with Crippen molar-refractivity contribution in [3.63, 3.8) is 0 Å². The normalized spacial score (nSPS) is 12.6. The van der Waals surface area contributed by atoms with Gasteiger partial charge >= 0.3 is 18.0 Å². The number of nitrogens with one attached hydrogen (secondary N) is 2. The molecule has 0 aromatic heterocycles. The number of carbonyl (C=O) groups is 2. The van der Waals surface area contributed by atoms with E-state index in [0.717, 1.165) is 6.07 Å². The minimum absolute atomic E-state index is 0.0318. The Morgan fingerprint density at radius 2 is 1.65 bits per heavy atom. The number of amides is 2. The lowest BCUT2D eigenvalue weighted by atomic mass is 10.1. The van der Waals surface area contributed by atoms with Crippen molar-refractivity contribution >= 4 is 34.8 Å². The van der Waals surface area contributed by atoms with Gasteiger partial charge in [0.25, 0.3) is 0 Å². The van der Waals surface area contributed by atoms with Gasteiger partial charge in [0.1, 0.15) is 0 Å². The van der Waals surface area contributed by atoms with Crippen LogP contribution in [-0.4, -0.2) is 18.6 Å². The van der Waals surface area contributed by atoms with E-state index in [9.17, 15) is 22.8 Å². The molecule has 26 heavy (non-hydrogen) atoms. The van der Waals surface area contributed by atoms with Crippen molar-refractivity contribution in [3.05, 3.63) is 47.0 Å². The fraction of sp³-hybridized carbons (Fsp3) is 0.125. The van der Waals surface area contributed by atoms with E-state index in [1.807, 2.05) is 5.32 Å². The van der Waals surface area contributed by atoms with Crippen LogP contribution in [-0.2, 0) is 15.8 Å². The predicted molar refractivity (Wildman–Crippen MR) is 86.3 cm³/mol. The number of rotatable bonds is 2. The monoisotopic (exact) mass is 386 g/mol. The topological polar surface area (TPSA) is 76.7 Å². The molecular weight excluding hydrogens is 377 g/mol. The number of ether oxygens (including phenoxy) is 2. The second-order valence-electron chi connectivity index (χ2n) is 5.16. The molecule has 2 aromatic rings. The molecular formula is C16H10ClF3N2O4. The van der Waals surface area contributed by atoms with Gasteiger partial charge in [-0.3, -0.25) is 9.59 Å². The molecule has 10 heteroatoms. The largest absolute Gasteiger partial charge is 0.454 e. The number of alkyl halides is 3. The molecule has 0 atom stereocenters. The predicted octanol–water partition coefficient (Wildman–Crippen LogP) is 3.66. The molecule has 2 N–H and O–H groups in total. The first-order chi connectivity index (χ1) is 12.2. The van der Waals surface area contributed by atoms with Crippen LogP contribution in [0.3, 0.4) is 0 Å². The lowest BCUT2D eigenvalue weighted by Gasteiger charge is -2.14. The van der Waals surface area contributed by atoms with Crippen LogP contribution in [0.5, 0.6) is 11.5 Å². The van der Waals surface area contributed by atoms with Crippen LogP contribution in [0.25, 0.3) is 0 Å². The summed E-state index contributed by atoms with van der Waals surface area (Å²) in [7, 11) is 0. The first-order valence-electron chi connectivity index (χ1n) is 7.13. The number of hydrogen-bond donors (Lipinski definition) is 2. The Balaban J connectivity index is 1.73. The summed E-state index contributed by atoms with van der Waals surface area (Å²) in [5.41, 5.74) is -1.51. The molecule has 0 radical (unpaired) electrons. The van der Waals surface area contributed by atoms with Crippen molar-refractivity contribution in [3.8, 4) is 11.5 Å². The Morgan fingerprint density at radius 1 is 0.962 bits per heavy atom. The van der Waals surface area contributed by atoms with Crippen LogP contribution < -0.4 is 20.1 Å². The molecule has 3 rings (SSSR count). The molecule has 1 aliphatic heterocycles. The highest BCUT2D eigenvalue weighted by molar-refractivity contribution is 6.43. The molecule has 6 nitrogen and oxygen atoms in total. The van der Waals surface area contributed by atoms with E-state index in [0.29, 0.717) is 17.6 Å². The number of fused-ring (bicyclic) bond motifs is 1. The molecule has 0 bridgehead atoms. The SMILES string of the molecule is O=C(Nc1ccc2c(c1)OCO2)C(=O)Nc1ccc(Cl)cc1C(F)(F)F. The molecule has 0 fully saturated rings. The summed E-state index contributed by atoms with van der Waals surface area (Å²) in [5.74, 6) is -1.56. The lowest BCUT2D eigenvalue weighted by Crippen LogP contribution is -2.30. The summed E-state index contributed by atoms with van der Waals surface area (Å²) < 4.78 is 49.3. The van der Waals surface area contributed by atoms with Gasteiger partial charge in [-0.25, -0.2) is 0 Å². The summed E-state index contributed by atoms with van der Waals surface area (Å²) in [5, 5.41) is 4.05. The zero-order chi connectivity index (χ0) is 18.9. The van der Waals surface area contributed by atoms with Gasteiger partial charge in [0.15, 0.2) is 11.5 Å². The maximum Gasteiger partial charge on any atom is 0.418 e. The molecule has 136 valence electrons. The van der Waals surface area contributed by atoms with E-state index in [2.05, 4.69) is 5.32 Å². The van der Waals surface area contributed by atoms with E-state index >= 15 is 0 Å². The number of halogens is 4. The minimum Gasteiger partial charge on any atom is -0.454 e. The van der Waals surface area contributed by atoms with Gasteiger partial charge < -0.3 is 20.1 Å². The molecule has 0 unspecified atom stereocenters. The molecule has 1 aliphatic rings. The molecule has 0 spiro atoms. The van der Waals surface area contributed by atoms with Crippen molar-refractivity contribution < 1.29 is 32.2 Å². The van der Waals surface area contributed by atoms with Crippen molar-refractivity contribution in [2.24, 2.45) is 0 Å². The second kappa shape index (κ2) is 6.75. The maximum atomic E-state index is 13.0.